The summed E-state index contributed by atoms with van der Waals surface area (Å²) in [4.78, 5) is 21.1. The molecule has 0 rings (SSSR count). The fraction of sp³-hybridized carbons (Fsp3) is 0.750. The van der Waals surface area contributed by atoms with E-state index >= 15 is 0 Å². The van der Waals surface area contributed by atoms with E-state index in [1.54, 1.807) is 0 Å². The molecule has 0 aromatic rings. The Hall–Kier alpha value is -0.360. The normalized spacial score (nSPS) is 10.2. The molecule has 0 aromatic heterocycles. The van der Waals surface area contributed by atoms with Gasteiger partial charge in [0.15, 0.2) is 0 Å². The van der Waals surface area contributed by atoms with E-state index in [1.807, 2.05) is 0 Å². The molecule has 0 aliphatic heterocycles. The van der Waals surface area contributed by atoms with Crippen LogP contribution in [0.1, 0.15) is 25.7 Å². The van der Waals surface area contributed by atoms with E-state index in [9.17, 15) is 9.59 Å². The van der Waals surface area contributed by atoms with Gasteiger partial charge in [0.2, 0.25) is 0 Å². The maximum atomic E-state index is 11.0. The van der Waals surface area contributed by atoms with Crippen LogP contribution in [0, 0.1) is 0 Å². The Morgan fingerprint density at radius 1 is 1.21 bits per heavy atom. The summed E-state index contributed by atoms with van der Waals surface area (Å²) >= 11 is 7.84. The highest BCUT2D eigenvalue weighted by Crippen LogP contribution is 2.04. The van der Waals surface area contributed by atoms with Crippen molar-refractivity contribution in [2.24, 2.45) is 0 Å². The number of unbranched alkanes of at least 4 members (excludes halogenated alkanes) is 1. The third-order valence-electron chi connectivity index (χ3n) is 1.41. The number of carboxylic acids is 1. The van der Waals surface area contributed by atoms with E-state index in [0.29, 0.717) is 12.8 Å². The van der Waals surface area contributed by atoms with Gasteiger partial charge in [0, 0.05) is 12.8 Å². The van der Waals surface area contributed by atoms with Crippen LogP contribution in [0.5, 0.6) is 0 Å². The van der Waals surface area contributed by atoms with Gasteiger partial charge in [-0.25, -0.2) is 0 Å². The largest absolute Gasteiger partial charge is 0.481 e. The average molecular weight is 238 g/mol. The minimum absolute atomic E-state index is 0.0923. The highest BCUT2D eigenvalue weighted by atomic mass is 32.2. The van der Waals surface area contributed by atoms with Crippen LogP contribution in [0.15, 0.2) is 0 Å². The number of thiol groups is 2. The van der Waals surface area contributed by atoms with Crippen LogP contribution in [0.3, 0.4) is 0 Å². The molecule has 0 spiro atoms. The van der Waals surface area contributed by atoms with Crippen molar-refractivity contribution >= 4 is 37.2 Å². The highest BCUT2D eigenvalue weighted by molar-refractivity contribution is 7.99. The van der Waals surface area contributed by atoms with Gasteiger partial charge < -0.3 is 9.84 Å². The topological polar surface area (TPSA) is 63.6 Å². The summed E-state index contributed by atoms with van der Waals surface area (Å²) in [5, 5.41) is 8.32. The van der Waals surface area contributed by atoms with Crippen LogP contribution in [0.25, 0.3) is 0 Å². The average Bonchev–Trinajstić information content (AvgIpc) is 2.08. The van der Waals surface area contributed by atoms with Gasteiger partial charge in [-0.2, -0.15) is 25.3 Å². The predicted octanol–water partition coefficient (Wildman–Crippen LogP) is 1.36. The first-order valence-electron chi connectivity index (χ1n) is 4.26. The summed E-state index contributed by atoms with van der Waals surface area (Å²) in [6, 6.07) is 0. The number of carbonyl (C=O) groups excluding carboxylic acids is 1. The van der Waals surface area contributed by atoms with Gasteiger partial charge >= 0.3 is 11.9 Å². The fourth-order valence-corrected chi connectivity index (χ4v) is 0.934. The summed E-state index contributed by atoms with van der Waals surface area (Å²) < 4.78 is 4.51. The molecule has 1 N–H and O–H groups in total. The molecule has 0 aromatic carbocycles. The summed E-state index contributed by atoms with van der Waals surface area (Å²) in [5.74, 6) is -1.17. The van der Waals surface area contributed by atoms with Crippen LogP contribution in [0.4, 0.5) is 0 Å². The number of carbonyl (C=O) groups is 2. The second-order valence-electron chi connectivity index (χ2n) is 2.76. The van der Waals surface area contributed by atoms with E-state index in [4.69, 9.17) is 9.84 Å². The summed E-state index contributed by atoms with van der Waals surface area (Å²) in [6.45, 7) is 0.171. The predicted molar refractivity (Wildman–Crippen MR) is 58.8 cm³/mol. The summed E-state index contributed by atoms with van der Waals surface area (Å²) in [5.41, 5.74) is 0. The molecule has 0 heterocycles. The first-order chi connectivity index (χ1) is 6.52. The van der Waals surface area contributed by atoms with Gasteiger partial charge in [-0.15, -0.1) is 0 Å². The summed E-state index contributed by atoms with van der Waals surface area (Å²) in [6.07, 6.45) is 1.38. The van der Waals surface area contributed by atoms with Crippen molar-refractivity contribution in [2.45, 2.75) is 30.3 Å². The van der Waals surface area contributed by atoms with Crippen molar-refractivity contribution in [1.29, 1.82) is 0 Å². The molecule has 0 aliphatic carbocycles. The van der Waals surface area contributed by atoms with Crippen LogP contribution in [-0.2, 0) is 14.3 Å². The molecule has 0 saturated heterocycles. The Morgan fingerprint density at radius 3 is 2.29 bits per heavy atom. The molecule has 0 atom stereocenters. The molecule has 82 valence electrons. The Labute approximate surface area is 93.8 Å². The molecule has 14 heavy (non-hydrogen) atoms. The third-order valence-corrected chi connectivity index (χ3v) is 1.71. The molecular weight excluding hydrogens is 224 g/mol. The first-order valence-corrected chi connectivity index (χ1v) is 5.29. The Morgan fingerprint density at radius 2 is 1.79 bits per heavy atom. The molecule has 0 amide bonds. The number of hydrogen-bond donors (Lipinski definition) is 3. The van der Waals surface area contributed by atoms with Crippen molar-refractivity contribution in [1.82, 2.24) is 0 Å². The molecule has 0 bridgehead atoms. The standard InChI is InChI=1S/C8H14O4S2/c9-6(10)3-1-2-4-7(11)12-5-8(13)14/h8,13-14H,1-5H2,(H,9,10). The van der Waals surface area contributed by atoms with E-state index < -0.39 is 5.97 Å². The zero-order chi connectivity index (χ0) is 11.0. The molecular formula is C8H14O4S2. The van der Waals surface area contributed by atoms with Crippen LogP contribution >= 0.6 is 25.3 Å². The van der Waals surface area contributed by atoms with E-state index in [2.05, 4.69) is 25.3 Å². The zero-order valence-corrected chi connectivity index (χ0v) is 9.47. The van der Waals surface area contributed by atoms with Gasteiger partial charge in [-0.3, -0.25) is 9.59 Å². The Bertz CT molecular complexity index is 194. The lowest BCUT2D eigenvalue weighted by atomic mass is 10.2. The number of rotatable bonds is 7. The molecule has 0 aliphatic rings. The first kappa shape index (κ1) is 13.6. The second kappa shape index (κ2) is 7.99. The number of hydrogen-bond acceptors (Lipinski definition) is 5. The van der Waals surface area contributed by atoms with Crippen molar-refractivity contribution < 1.29 is 19.4 Å². The van der Waals surface area contributed by atoms with Crippen molar-refractivity contribution in [3.63, 3.8) is 0 Å². The second-order valence-corrected chi connectivity index (χ2v) is 4.42. The number of esters is 1. The van der Waals surface area contributed by atoms with Gasteiger partial charge in [-0.05, 0) is 12.8 Å². The third kappa shape index (κ3) is 9.73. The molecule has 4 nitrogen and oxygen atoms in total. The van der Waals surface area contributed by atoms with Crippen LogP contribution in [-0.4, -0.2) is 28.2 Å². The maximum Gasteiger partial charge on any atom is 0.305 e. The zero-order valence-electron chi connectivity index (χ0n) is 7.68. The van der Waals surface area contributed by atoms with E-state index in [0.717, 1.165) is 0 Å². The number of ether oxygens (including phenoxy) is 1. The molecule has 6 heteroatoms. The minimum Gasteiger partial charge on any atom is -0.481 e. The van der Waals surface area contributed by atoms with Crippen molar-refractivity contribution in [3.8, 4) is 0 Å². The quantitative estimate of drug-likeness (QED) is 0.271. The smallest absolute Gasteiger partial charge is 0.305 e. The molecule has 0 unspecified atom stereocenters. The van der Waals surface area contributed by atoms with Gasteiger partial charge in [0.05, 0.1) is 4.58 Å². The lowest BCUT2D eigenvalue weighted by Crippen LogP contribution is -2.10. The lowest BCUT2D eigenvalue weighted by Gasteiger charge is -2.05. The minimum atomic E-state index is -0.843. The van der Waals surface area contributed by atoms with Crippen LogP contribution in [0.2, 0.25) is 0 Å². The van der Waals surface area contributed by atoms with Gasteiger partial charge in [0.25, 0.3) is 0 Å². The summed E-state index contributed by atoms with van der Waals surface area (Å²) in [7, 11) is 0. The lowest BCUT2D eigenvalue weighted by molar-refractivity contribution is -0.143. The van der Waals surface area contributed by atoms with E-state index in [1.165, 1.54) is 0 Å². The molecule has 0 radical (unpaired) electrons. The SMILES string of the molecule is O=C(O)CCCCC(=O)OCC(S)S. The Balaban J connectivity index is 3.31. The fourth-order valence-electron chi connectivity index (χ4n) is 0.785. The number of aliphatic carboxylic acids is 1. The van der Waals surface area contributed by atoms with Crippen molar-refractivity contribution in [2.75, 3.05) is 6.61 Å². The number of carboxylic acid groups (broad SMARTS) is 1. The van der Waals surface area contributed by atoms with Crippen LogP contribution < -0.4 is 0 Å². The monoisotopic (exact) mass is 238 g/mol. The van der Waals surface area contributed by atoms with E-state index in [-0.39, 0.29) is 30.0 Å². The Kier molecular flexibility index (Phi) is 7.78. The van der Waals surface area contributed by atoms with Gasteiger partial charge in [0.1, 0.15) is 6.61 Å². The maximum absolute atomic E-state index is 11.0. The highest BCUT2D eigenvalue weighted by Gasteiger charge is 2.05. The van der Waals surface area contributed by atoms with Gasteiger partial charge in [-0.1, -0.05) is 0 Å². The molecule has 0 fully saturated rings. The van der Waals surface area contributed by atoms with Crippen molar-refractivity contribution in [3.05, 3.63) is 0 Å². The molecule has 0 saturated carbocycles.